The minimum absolute atomic E-state index is 0.0987. The summed E-state index contributed by atoms with van der Waals surface area (Å²) in [6.07, 6.45) is 4.84. The highest BCUT2D eigenvalue weighted by molar-refractivity contribution is 5.87. The average molecular weight is 344 g/mol. The molecule has 1 amide bonds. The number of amides is 1. The summed E-state index contributed by atoms with van der Waals surface area (Å²) in [6.45, 7) is 7.41. The van der Waals surface area contributed by atoms with Gasteiger partial charge in [0, 0.05) is 18.6 Å². The molecule has 0 aliphatic carbocycles. The Hall–Kier alpha value is -1.75. The van der Waals surface area contributed by atoms with E-state index < -0.39 is 5.41 Å². The molecule has 1 aromatic rings. The fraction of sp³-hybridized carbons (Fsp3) is 0.650. The second kappa shape index (κ2) is 6.52. The summed E-state index contributed by atoms with van der Waals surface area (Å²) in [5.41, 5.74) is 0.366. The van der Waals surface area contributed by atoms with E-state index in [1.54, 1.807) is 0 Å². The summed E-state index contributed by atoms with van der Waals surface area (Å²) < 4.78 is 11.3. The highest BCUT2D eigenvalue weighted by Crippen LogP contribution is 2.36. The van der Waals surface area contributed by atoms with Crippen molar-refractivity contribution < 1.29 is 14.3 Å². The van der Waals surface area contributed by atoms with Gasteiger partial charge in [-0.1, -0.05) is 12.5 Å². The largest absolute Gasteiger partial charge is 0.486 e. The van der Waals surface area contributed by atoms with Gasteiger partial charge in [-0.05, 0) is 57.4 Å². The predicted molar refractivity (Wildman–Crippen MR) is 96.2 cm³/mol. The van der Waals surface area contributed by atoms with Crippen LogP contribution in [0.2, 0.25) is 0 Å². The van der Waals surface area contributed by atoms with Crippen molar-refractivity contribution in [1.82, 2.24) is 10.2 Å². The zero-order chi connectivity index (χ0) is 17.4. The molecule has 2 unspecified atom stereocenters. The summed E-state index contributed by atoms with van der Waals surface area (Å²) >= 11 is 0. The van der Waals surface area contributed by atoms with Gasteiger partial charge < -0.3 is 14.8 Å². The Balaban J connectivity index is 1.49. The van der Waals surface area contributed by atoms with Gasteiger partial charge in [-0.3, -0.25) is 9.69 Å². The standard InChI is InChI=1S/C20H28N2O3/c1-20(2,14-6-7-17-18(13-14)25-12-11-24-17)19(23)21-15-8-10-22-9-4-3-5-16(15)22/h6-7,13,15-16H,3-5,8-12H2,1-2H3,(H,21,23). The Labute approximate surface area is 149 Å². The number of carbonyl (C=O) groups is 1. The van der Waals surface area contributed by atoms with Gasteiger partial charge in [0.2, 0.25) is 5.91 Å². The molecule has 3 heterocycles. The smallest absolute Gasteiger partial charge is 0.230 e. The normalized spacial score (nSPS) is 26.2. The maximum absolute atomic E-state index is 13.1. The fourth-order valence-corrected chi connectivity index (χ4v) is 4.33. The molecular formula is C20H28N2O3. The number of hydrogen-bond donors (Lipinski definition) is 1. The summed E-state index contributed by atoms with van der Waals surface area (Å²) in [4.78, 5) is 15.6. The van der Waals surface area contributed by atoms with Crippen LogP contribution < -0.4 is 14.8 Å². The number of rotatable bonds is 3. The van der Waals surface area contributed by atoms with Gasteiger partial charge in [0.25, 0.3) is 0 Å². The van der Waals surface area contributed by atoms with Crippen molar-refractivity contribution in [2.75, 3.05) is 26.3 Å². The molecular weight excluding hydrogens is 316 g/mol. The summed E-state index contributed by atoms with van der Waals surface area (Å²) in [5, 5.41) is 3.34. The van der Waals surface area contributed by atoms with E-state index in [0.29, 0.717) is 19.3 Å². The van der Waals surface area contributed by atoms with E-state index in [1.165, 1.54) is 25.8 Å². The number of ether oxygens (including phenoxy) is 2. The second-order valence-corrected chi connectivity index (χ2v) is 7.95. The van der Waals surface area contributed by atoms with Crippen molar-refractivity contribution in [3.05, 3.63) is 23.8 Å². The minimum Gasteiger partial charge on any atom is -0.486 e. The lowest BCUT2D eigenvalue weighted by Gasteiger charge is -2.34. The average Bonchev–Trinajstić information content (AvgIpc) is 3.04. The summed E-state index contributed by atoms with van der Waals surface area (Å²) in [7, 11) is 0. The van der Waals surface area contributed by atoms with E-state index in [4.69, 9.17) is 9.47 Å². The third-order valence-electron chi connectivity index (χ3n) is 6.00. The van der Waals surface area contributed by atoms with Crippen LogP contribution in [0.3, 0.4) is 0 Å². The third-order valence-corrected chi connectivity index (χ3v) is 6.00. The zero-order valence-electron chi connectivity index (χ0n) is 15.2. The van der Waals surface area contributed by atoms with Gasteiger partial charge in [-0.25, -0.2) is 0 Å². The van der Waals surface area contributed by atoms with Crippen LogP contribution in [0.4, 0.5) is 0 Å². The molecule has 0 aromatic heterocycles. The topological polar surface area (TPSA) is 50.8 Å². The monoisotopic (exact) mass is 344 g/mol. The molecule has 2 atom stereocenters. The van der Waals surface area contributed by atoms with Gasteiger partial charge in [0.1, 0.15) is 13.2 Å². The molecule has 0 spiro atoms. The molecule has 25 heavy (non-hydrogen) atoms. The number of hydrogen-bond acceptors (Lipinski definition) is 4. The van der Waals surface area contributed by atoms with Crippen molar-refractivity contribution in [2.45, 2.75) is 57.0 Å². The Morgan fingerprint density at radius 3 is 2.76 bits per heavy atom. The lowest BCUT2D eigenvalue weighted by molar-refractivity contribution is -0.126. The molecule has 4 rings (SSSR count). The molecule has 5 heteroatoms. The van der Waals surface area contributed by atoms with Crippen LogP contribution in [0.25, 0.3) is 0 Å². The summed E-state index contributed by atoms with van der Waals surface area (Å²) in [6, 6.07) is 6.65. The first-order valence-electron chi connectivity index (χ1n) is 9.51. The van der Waals surface area contributed by atoms with E-state index in [0.717, 1.165) is 30.0 Å². The van der Waals surface area contributed by atoms with Crippen LogP contribution >= 0.6 is 0 Å². The van der Waals surface area contributed by atoms with Crippen LogP contribution in [0.15, 0.2) is 18.2 Å². The number of piperidine rings is 1. The molecule has 0 radical (unpaired) electrons. The van der Waals surface area contributed by atoms with Crippen LogP contribution in [-0.4, -0.2) is 49.2 Å². The minimum atomic E-state index is -0.599. The van der Waals surface area contributed by atoms with Gasteiger partial charge in [-0.15, -0.1) is 0 Å². The van der Waals surface area contributed by atoms with Crippen LogP contribution in [-0.2, 0) is 10.2 Å². The van der Waals surface area contributed by atoms with Crippen molar-refractivity contribution in [3.63, 3.8) is 0 Å². The van der Waals surface area contributed by atoms with Crippen molar-refractivity contribution in [3.8, 4) is 11.5 Å². The van der Waals surface area contributed by atoms with Crippen LogP contribution in [0.1, 0.15) is 45.1 Å². The van der Waals surface area contributed by atoms with E-state index in [9.17, 15) is 4.79 Å². The van der Waals surface area contributed by atoms with Gasteiger partial charge in [-0.2, -0.15) is 0 Å². The quantitative estimate of drug-likeness (QED) is 0.915. The molecule has 2 saturated heterocycles. The molecule has 2 fully saturated rings. The molecule has 0 saturated carbocycles. The van der Waals surface area contributed by atoms with Crippen LogP contribution in [0, 0.1) is 0 Å². The maximum Gasteiger partial charge on any atom is 0.230 e. The lowest BCUT2D eigenvalue weighted by atomic mass is 9.83. The van der Waals surface area contributed by atoms with Crippen molar-refractivity contribution >= 4 is 5.91 Å². The first-order chi connectivity index (χ1) is 12.1. The zero-order valence-corrected chi connectivity index (χ0v) is 15.2. The molecule has 136 valence electrons. The Bertz CT molecular complexity index is 658. The van der Waals surface area contributed by atoms with E-state index >= 15 is 0 Å². The fourth-order valence-electron chi connectivity index (χ4n) is 4.33. The third kappa shape index (κ3) is 3.10. The van der Waals surface area contributed by atoms with Crippen LogP contribution in [0.5, 0.6) is 11.5 Å². The maximum atomic E-state index is 13.1. The molecule has 5 nitrogen and oxygen atoms in total. The first-order valence-corrected chi connectivity index (χ1v) is 9.51. The van der Waals surface area contributed by atoms with Crippen molar-refractivity contribution in [2.24, 2.45) is 0 Å². The number of fused-ring (bicyclic) bond motifs is 2. The molecule has 1 aromatic carbocycles. The second-order valence-electron chi connectivity index (χ2n) is 7.95. The van der Waals surface area contributed by atoms with E-state index in [-0.39, 0.29) is 11.9 Å². The Morgan fingerprint density at radius 2 is 1.92 bits per heavy atom. The molecule has 1 N–H and O–H groups in total. The van der Waals surface area contributed by atoms with Gasteiger partial charge in [0.05, 0.1) is 5.41 Å². The van der Waals surface area contributed by atoms with Gasteiger partial charge >= 0.3 is 0 Å². The Kier molecular flexibility index (Phi) is 4.36. The lowest BCUT2D eigenvalue weighted by Crippen LogP contribution is -2.51. The molecule has 3 aliphatic heterocycles. The predicted octanol–water partition coefficient (Wildman–Crippen LogP) is 2.48. The van der Waals surface area contributed by atoms with E-state index in [2.05, 4.69) is 10.2 Å². The highest BCUT2D eigenvalue weighted by Gasteiger charge is 2.39. The number of benzene rings is 1. The molecule has 0 bridgehead atoms. The van der Waals surface area contributed by atoms with E-state index in [1.807, 2.05) is 32.0 Å². The SMILES string of the molecule is CC(C)(C(=O)NC1CCN2CCCCC12)c1ccc2c(c1)OCCO2. The number of nitrogens with zero attached hydrogens (tertiary/aromatic N) is 1. The molecule has 3 aliphatic rings. The number of nitrogens with one attached hydrogen (secondary N) is 1. The van der Waals surface area contributed by atoms with Gasteiger partial charge in [0.15, 0.2) is 11.5 Å². The first kappa shape index (κ1) is 16.7. The summed E-state index contributed by atoms with van der Waals surface area (Å²) in [5.74, 6) is 1.60. The van der Waals surface area contributed by atoms with Crippen molar-refractivity contribution in [1.29, 1.82) is 0 Å². The number of carbonyl (C=O) groups excluding carboxylic acids is 1. The highest BCUT2D eigenvalue weighted by atomic mass is 16.6. The Morgan fingerprint density at radius 1 is 1.12 bits per heavy atom.